The number of nitrogens with zero attached hydrogens (tertiary/aromatic N) is 5. The summed E-state index contributed by atoms with van der Waals surface area (Å²) in [5.41, 5.74) is 3.84. The van der Waals surface area contributed by atoms with Crippen molar-refractivity contribution in [1.82, 2.24) is 29.8 Å². The van der Waals surface area contributed by atoms with Gasteiger partial charge in [0.1, 0.15) is 11.3 Å². The van der Waals surface area contributed by atoms with E-state index in [0.717, 1.165) is 11.3 Å². The van der Waals surface area contributed by atoms with Gasteiger partial charge in [0, 0.05) is 37.5 Å². The molecule has 1 saturated heterocycles. The fourth-order valence-corrected chi connectivity index (χ4v) is 3.82. The number of aryl methyl sites for hydroxylation is 2. The molecule has 4 rings (SSSR count). The van der Waals surface area contributed by atoms with Crippen molar-refractivity contribution in [3.05, 3.63) is 57.4 Å². The van der Waals surface area contributed by atoms with Crippen LogP contribution in [0.4, 0.5) is 5.69 Å². The van der Waals surface area contributed by atoms with Crippen LogP contribution in [0, 0.1) is 6.92 Å². The summed E-state index contributed by atoms with van der Waals surface area (Å²) in [7, 11) is 1.56. The monoisotopic (exact) mass is 423 g/mol. The summed E-state index contributed by atoms with van der Waals surface area (Å²) in [6.07, 6.45) is 4.05. The van der Waals surface area contributed by atoms with E-state index in [2.05, 4.69) is 20.4 Å². The lowest BCUT2D eigenvalue weighted by molar-refractivity contribution is -0.131. The van der Waals surface area contributed by atoms with Gasteiger partial charge in [0.15, 0.2) is 0 Å². The normalized spacial score (nSPS) is 14.4. The highest BCUT2D eigenvalue weighted by Crippen LogP contribution is 2.22. The average Bonchev–Trinajstić information content (AvgIpc) is 3.15. The number of piperazine rings is 1. The van der Waals surface area contributed by atoms with Crippen LogP contribution in [0.25, 0.3) is 5.65 Å². The Kier molecular flexibility index (Phi) is 5.45. The molecule has 1 fully saturated rings. The Balaban J connectivity index is 1.49. The van der Waals surface area contributed by atoms with Crippen LogP contribution in [0.15, 0.2) is 29.3 Å². The number of rotatable bonds is 5. The van der Waals surface area contributed by atoms with E-state index >= 15 is 0 Å². The van der Waals surface area contributed by atoms with Crippen LogP contribution in [-0.4, -0.2) is 63.0 Å². The standard InChI is InChI=1S/C21H25N7O3/c1-4-14-11-28-19(25-20(14)30)15(9-23-28)10-27-8-7-26(12-18(27)29)17-6-5-16(21(31)22-3)24-13(17)2/h5-6,9,11H,4,7-8,10,12H2,1-3H3,(H,22,31)(H,25,30). The predicted molar refractivity (Wildman–Crippen MR) is 115 cm³/mol. The van der Waals surface area contributed by atoms with E-state index in [9.17, 15) is 14.4 Å². The predicted octanol–water partition coefficient (Wildman–Crippen LogP) is 0.497. The highest BCUT2D eigenvalue weighted by Gasteiger charge is 2.26. The van der Waals surface area contributed by atoms with Gasteiger partial charge in [-0.2, -0.15) is 5.10 Å². The summed E-state index contributed by atoms with van der Waals surface area (Å²) in [4.78, 5) is 47.8. The van der Waals surface area contributed by atoms with E-state index in [1.165, 1.54) is 0 Å². The number of hydrogen-bond donors (Lipinski definition) is 2. The molecule has 10 nitrogen and oxygen atoms in total. The minimum Gasteiger partial charge on any atom is -0.359 e. The lowest BCUT2D eigenvalue weighted by Crippen LogP contribution is -2.50. The molecular weight excluding hydrogens is 398 g/mol. The Hall–Kier alpha value is -3.69. The summed E-state index contributed by atoms with van der Waals surface area (Å²) in [5, 5.41) is 6.88. The third-order valence-electron chi connectivity index (χ3n) is 5.59. The van der Waals surface area contributed by atoms with Crippen molar-refractivity contribution >= 4 is 23.1 Å². The van der Waals surface area contributed by atoms with Crippen LogP contribution in [0.2, 0.25) is 0 Å². The molecule has 0 aromatic carbocycles. The molecule has 2 amide bonds. The topological polar surface area (TPSA) is 116 Å². The van der Waals surface area contributed by atoms with Crippen molar-refractivity contribution in [1.29, 1.82) is 0 Å². The maximum Gasteiger partial charge on any atom is 0.269 e. The van der Waals surface area contributed by atoms with Gasteiger partial charge in [0.2, 0.25) is 5.91 Å². The van der Waals surface area contributed by atoms with Crippen molar-refractivity contribution in [3.8, 4) is 0 Å². The number of carbonyl (C=O) groups is 2. The maximum absolute atomic E-state index is 12.8. The Labute approximate surface area is 178 Å². The molecule has 0 radical (unpaired) electrons. The Morgan fingerprint density at radius 2 is 2.03 bits per heavy atom. The zero-order chi connectivity index (χ0) is 22.1. The molecule has 162 valence electrons. The first-order valence-corrected chi connectivity index (χ1v) is 10.2. The fraction of sp³-hybridized carbons (Fsp3) is 0.381. The third-order valence-corrected chi connectivity index (χ3v) is 5.59. The highest BCUT2D eigenvalue weighted by molar-refractivity contribution is 5.92. The summed E-state index contributed by atoms with van der Waals surface area (Å²) in [6, 6.07) is 3.50. The molecule has 3 aromatic rings. The van der Waals surface area contributed by atoms with Gasteiger partial charge >= 0.3 is 0 Å². The van der Waals surface area contributed by atoms with E-state index in [1.54, 1.807) is 34.9 Å². The first kappa shape index (κ1) is 20.6. The summed E-state index contributed by atoms with van der Waals surface area (Å²) in [6.45, 7) is 5.52. The Morgan fingerprint density at radius 1 is 1.23 bits per heavy atom. The first-order valence-electron chi connectivity index (χ1n) is 10.2. The van der Waals surface area contributed by atoms with Gasteiger partial charge in [-0.3, -0.25) is 14.4 Å². The van der Waals surface area contributed by atoms with E-state index in [1.807, 2.05) is 24.8 Å². The van der Waals surface area contributed by atoms with Crippen LogP contribution < -0.4 is 15.8 Å². The van der Waals surface area contributed by atoms with Crippen molar-refractivity contribution in [2.45, 2.75) is 26.8 Å². The second kappa shape index (κ2) is 8.21. The van der Waals surface area contributed by atoms with Gasteiger partial charge < -0.3 is 20.1 Å². The second-order valence-corrected chi connectivity index (χ2v) is 7.54. The van der Waals surface area contributed by atoms with Gasteiger partial charge in [0.05, 0.1) is 30.7 Å². The molecular formula is C21H25N7O3. The number of nitrogens with one attached hydrogen (secondary N) is 2. The van der Waals surface area contributed by atoms with Gasteiger partial charge in [-0.05, 0) is 25.5 Å². The Bertz CT molecular complexity index is 1210. The molecule has 2 N–H and O–H groups in total. The molecule has 1 aliphatic rings. The molecule has 0 bridgehead atoms. The molecule has 3 aromatic heterocycles. The van der Waals surface area contributed by atoms with Crippen LogP contribution in [0.1, 0.15) is 34.2 Å². The van der Waals surface area contributed by atoms with Crippen LogP contribution in [-0.2, 0) is 17.8 Å². The summed E-state index contributed by atoms with van der Waals surface area (Å²) >= 11 is 0. The number of anilines is 1. The number of H-pyrrole nitrogens is 1. The van der Waals surface area contributed by atoms with Crippen LogP contribution in [0.3, 0.4) is 0 Å². The second-order valence-electron chi connectivity index (χ2n) is 7.54. The highest BCUT2D eigenvalue weighted by atomic mass is 16.2. The molecule has 0 spiro atoms. The third kappa shape index (κ3) is 3.88. The molecule has 0 aliphatic carbocycles. The average molecular weight is 423 g/mol. The van der Waals surface area contributed by atoms with E-state index in [-0.39, 0.29) is 23.9 Å². The number of amides is 2. The van der Waals surface area contributed by atoms with Gasteiger partial charge in [-0.15, -0.1) is 0 Å². The Morgan fingerprint density at radius 3 is 2.71 bits per heavy atom. The zero-order valence-electron chi connectivity index (χ0n) is 17.8. The SMILES string of the molecule is CCc1cn2ncc(CN3CCN(c4ccc(C(=O)NC)nc4C)CC3=O)c2[nH]c1=O. The fourth-order valence-electron chi connectivity index (χ4n) is 3.82. The van der Waals surface area contributed by atoms with Crippen molar-refractivity contribution in [2.24, 2.45) is 0 Å². The quantitative estimate of drug-likeness (QED) is 0.617. The van der Waals surface area contributed by atoms with Gasteiger partial charge in [-0.1, -0.05) is 6.92 Å². The number of fused-ring (bicyclic) bond motifs is 1. The zero-order valence-corrected chi connectivity index (χ0v) is 17.8. The summed E-state index contributed by atoms with van der Waals surface area (Å²) < 4.78 is 1.65. The van der Waals surface area contributed by atoms with Crippen molar-refractivity contribution in [2.75, 3.05) is 31.6 Å². The smallest absolute Gasteiger partial charge is 0.269 e. The number of aromatic amines is 1. The molecule has 0 saturated carbocycles. The number of hydrogen-bond acceptors (Lipinski definition) is 6. The van der Waals surface area contributed by atoms with E-state index < -0.39 is 0 Å². The number of aromatic nitrogens is 4. The molecule has 10 heteroatoms. The van der Waals surface area contributed by atoms with E-state index in [4.69, 9.17) is 0 Å². The van der Waals surface area contributed by atoms with Gasteiger partial charge in [-0.25, -0.2) is 9.50 Å². The minimum atomic E-state index is -0.243. The molecule has 4 heterocycles. The lowest BCUT2D eigenvalue weighted by atomic mass is 10.2. The summed E-state index contributed by atoms with van der Waals surface area (Å²) in [5.74, 6) is -0.263. The van der Waals surface area contributed by atoms with Crippen LogP contribution in [0.5, 0.6) is 0 Å². The maximum atomic E-state index is 12.8. The number of pyridine rings is 1. The van der Waals surface area contributed by atoms with E-state index in [0.29, 0.717) is 48.7 Å². The number of carbonyl (C=O) groups excluding carboxylic acids is 2. The van der Waals surface area contributed by atoms with Gasteiger partial charge in [0.25, 0.3) is 11.5 Å². The first-order chi connectivity index (χ1) is 14.9. The largest absolute Gasteiger partial charge is 0.359 e. The molecule has 1 aliphatic heterocycles. The minimum absolute atomic E-state index is 0.0205. The lowest BCUT2D eigenvalue weighted by Gasteiger charge is -2.36. The molecule has 31 heavy (non-hydrogen) atoms. The van der Waals surface area contributed by atoms with Crippen molar-refractivity contribution < 1.29 is 9.59 Å². The van der Waals surface area contributed by atoms with Crippen LogP contribution >= 0.6 is 0 Å². The molecule has 0 atom stereocenters. The van der Waals surface area contributed by atoms with Crippen molar-refractivity contribution in [3.63, 3.8) is 0 Å². The molecule has 0 unspecified atom stereocenters.